The van der Waals surface area contributed by atoms with E-state index in [2.05, 4.69) is 17.1 Å². The summed E-state index contributed by atoms with van der Waals surface area (Å²) in [4.78, 5) is 14.1. The van der Waals surface area contributed by atoms with Gasteiger partial charge < -0.3 is 4.98 Å². The van der Waals surface area contributed by atoms with Crippen LogP contribution in [0, 0.1) is 0 Å². The Morgan fingerprint density at radius 3 is 2.65 bits per heavy atom. The zero-order valence-corrected chi connectivity index (χ0v) is 9.18. The van der Waals surface area contributed by atoms with Crippen LogP contribution in [0.4, 0.5) is 0 Å². The molecule has 0 unspecified atom stereocenters. The lowest BCUT2D eigenvalue weighted by Gasteiger charge is -1.98. The fourth-order valence-corrected chi connectivity index (χ4v) is 2.01. The average molecular weight is 221 g/mol. The molecule has 0 fully saturated rings. The number of H-pyrrole nitrogens is 1. The van der Waals surface area contributed by atoms with Crippen molar-refractivity contribution in [1.82, 2.24) is 4.98 Å². The number of benzene rings is 2. The van der Waals surface area contributed by atoms with Gasteiger partial charge in [0.2, 0.25) is 0 Å². The van der Waals surface area contributed by atoms with Crippen molar-refractivity contribution in [2.75, 3.05) is 0 Å². The summed E-state index contributed by atoms with van der Waals surface area (Å²) >= 11 is 0. The SMILES string of the molecule is O=Cc1cccc(-c2cc3ccccc3[nH]2)c1. The van der Waals surface area contributed by atoms with Crippen LogP contribution in [-0.2, 0) is 0 Å². The highest BCUT2D eigenvalue weighted by Crippen LogP contribution is 2.24. The van der Waals surface area contributed by atoms with Gasteiger partial charge in [-0.15, -0.1) is 0 Å². The van der Waals surface area contributed by atoms with Crippen LogP contribution in [0.2, 0.25) is 0 Å². The van der Waals surface area contributed by atoms with Crippen molar-refractivity contribution < 1.29 is 4.79 Å². The van der Waals surface area contributed by atoms with Gasteiger partial charge in [0.1, 0.15) is 6.29 Å². The van der Waals surface area contributed by atoms with Crippen LogP contribution >= 0.6 is 0 Å². The number of carbonyl (C=O) groups excluding carboxylic acids is 1. The van der Waals surface area contributed by atoms with Gasteiger partial charge in [0, 0.05) is 22.2 Å². The Morgan fingerprint density at radius 2 is 1.82 bits per heavy atom. The standard InChI is InChI=1S/C15H11NO/c17-10-11-4-3-6-12(8-11)15-9-13-5-1-2-7-14(13)16-15/h1-10,16H. The molecular weight excluding hydrogens is 210 g/mol. The molecule has 3 rings (SSSR count). The quantitative estimate of drug-likeness (QED) is 0.658. The van der Waals surface area contributed by atoms with Crippen LogP contribution in [0.1, 0.15) is 10.4 Å². The van der Waals surface area contributed by atoms with Gasteiger partial charge in [-0.25, -0.2) is 0 Å². The molecule has 0 aliphatic heterocycles. The molecule has 0 radical (unpaired) electrons. The van der Waals surface area contributed by atoms with Crippen molar-refractivity contribution in [2.24, 2.45) is 0 Å². The first-order valence-corrected chi connectivity index (χ1v) is 5.50. The number of hydrogen-bond donors (Lipinski definition) is 1. The van der Waals surface area contributed by atoms with E-state index in [-0.39, 0.29) is 0 Å². The topological polar surface area (TPSA) is 32.9 Å². The number of carbonyl (C=O) groups is 1. The number of aromatic nitrogens is 1. The minimum absolute atomic E-state index is 0.696. The Balaban J connectivity index is 2.16. The number of fused-ring (bicyclic) bond motifs is 1. The number of aromatic amines is 1. The molecule has 2 heteroatoms. The molecule has 0 saturated carbocycles. The lowest BCUT2D eigenvalue weighted by molar-refractivity contribution is 0.112. The van der Waals surface area contributed by atoms with Crippen molar-refractivity contribution in [2.45, 2.75) is 0 Å². The molecule has 0 bridgehead atoms. The van der Waals surface area contributed by atoms with E-state index in [0.717, 1.165) is 23.1 Å². The van der Waals surface area contributed by atoms with Crippen LogP contribution in [0.3, 0.4) is 0 Å². The van der Waals surface area contributed by atoms with Gasteiger partial charge in [0.15, 0.2) is 0 Å². The summed E-state index contributed by atoms with van der Waals surface area (Å²) in [6.45, 7) is 0. The van der Waals surface area contributed by atoms with Crippen molar-refractivity contribution in [3.63, 3.8) is 0 Å². The molecule has 1 heterocycles. The molecule has 2 aromatic carbocycles. The highest BCUT2D eigenvalue weighted by molar-refractivity contribution is 5.87. The van der Waals surface area contributed by atoms with Crippen LogP contribution in [0.5, 0.6) is 0 Å². The molecule has 3 aromatic rings. The number of aldehydes is 1. The Hall–Kier alpha value is -2.35. The highest BCUT2D eigenvalue weighted by Gasteiger charge is 2.03. The normalized spacial score (nSPS) is 10.6. The molecule has 0 saturated heterocycles. The Bertz CT molecular complexity index is 649. The Labute approximate surface area is 98.9 Å². The first kappa shape index (κ1) is 9.85. The molecule has 0 spiro atoms. The minimum Gasteiger partial charge on any atom is -0.355 e. The molecule has 1 aromatic heterocycles. The molecule has 0 aliphatic carbocycles. The Kier molecular flexibility index (Phi) is 2.26. The van der Waals surface area contributed by atoms with Crippen LogP contribution < -0.4 is 0 Å². The first-order chi connectivity index (χ1) is 8.36. The van der Waals surface area contributed by atoms with E-state index in [0.29, 0.717) is 5.56 Å². The highest BCUT2D eigenvalue weighted by atomic mass is 16.1. The van der Waals surface area contributed by atoms with E-state index in [9.17, 15) is 4.79 Å². The van der Waals surface area contributed by atoms with Crippen LogP contribution in [0.25, 0.3) is 22.2 Å². The molecule has 0 aliphatic rings. The second-order valence-corrected chi connectivity index (χ2v) is 4.01. The monoisotopic (exact) mass is 221 g/mol. The molecule has 1 N–H and O–H groups in total. The summed E-state index contributed by atoms with van der Waals surface area (Å²) in [6, 6.07) is 17.8. The second-order valence-electron chi connectivity index (χ2n) is 4.01. The van der Waals surface area contributed by atoms with Crippen molar-refractivity contribution >= 4 is 17.2 Å². The average Bonchev–Trinajstić information content (AvgIpc) is 2.82. The second kappa shape index (κ2) is 3.91. The smallest absolute Gasteiger partial charge is 0.150 e. The number of para-hydroxylation sites is 1. The number of rotatable bonds is 2. The van der Waals surface area contributed by atoms with Crippen LogP contribution in [-0.4, -0.2) is 11.3 Å². The summed E-state index contributed by atoms with van der Waals surface area (Å²) in [7, 11) is 0. The van der Waals surface area contributed by atoms with E-state index in [1.807, 2.05) is 36.4 Å². The third-order valence-corrected chi connectivity index (χ3v) is 2.86. The minimum atomic E-state index is 0.696. The summed E-state index contributed by atoms with van der Waals surface area (Å²) in [6.07, 6.45) is 0.867. The van der Waals surface area contributed by atoms with Gasteiger partial charge in [-0.3, -0.25) is 4.79 Å². The van der Waals surface area contributed by atoms with E-state index in [1.54, 1.807) is 6.07 Å². The van der Waals surface area contributed by atoms with Crippen LogP contribution in [0.15, 0.2) is 54.6 Å². The number of nitrogens with one attached hydrogen (secondary N) is 1. The van der Waals surface area contributed by atoms with Gasteiger partial charge in [-0.1, -0.05) is 36.4 Å². The maximum atomic E-state index is 10.8. The summed E-state index contributed by atoms with van der Waals surface area (Å²) < 4.78 is 0. The number of hydrogen-bond acceptors (Lipinski definition) is 1. The maximum absolute atomic E-state index is 10.8. The molecular formula is C15H11NO. The molecule has 2 nitrogen and oxygen atoms in total. The van der Waals surface area contributed by atoms with E-state index in [1.165, 1.54) is 5.39 Å². The van der Waals surface area contributed by atoms with Gasteiger partial charge in [0.25, 0.3) is 0 Å². The molecule has 0 atom stereocenters. The van der Waals surface area contributed by atoms with Crippen molar-refractivity contribution in [3.05, 3.63) is 60.2 Å². The third kappa shape index (κ3) is 1.74. The third-order valence-electron chi connectivity index (χ3n) is 2.86. The van der Waals surface area contributed by atoms with E-state index in [4.69, 9.17) is 0 Å². The van der Waals surface area contributed by atoms with Gasteiger partial charge in [-0.05, 0) is 23.8 Å². The van der Waals surface area contributed by atoms with E-state index < -0.39 is 0 Å². The van der Waals surface area contributed by atoms with E-state index >= 15 is 0 Å². The first-order valence-electron chi connectivity index (χ1n) is 5.50. The lowest BCUT2D eigenvalue weighted by Crippen LogP contribution is -1.81. The van der Waals surface area contributed by atoms with Crippen molar-refractivity contribution in [1.29, 1.82) is 0 Å². The molecule has 82 valence electrons. The predicted octanol–water partition coefficient (Wildman–Crippen LogP) is 3.65. The van der Waals surface area contributed by atoms with Gasteiger partial charge in [0.05, 0.1) is 0 Å². The fraction of sp³-hybridized carbons (Fsp3) is 0. The zero-order valence-electron chi connectivity index (χ0n) is 9.18. The molecule has 17 heavy (non-hydrogen) atoms. The lowest BCUT2D eigenvalue weighted by atomic mass is 10.1. The molecule has 0 amide bonds. The van der Waals surface area contributed by atoms with Crippen molar-refractivity contribution in [3.8, 4) is 11.3 Å². The summed E-state index contributed by atoms with van der Waals surface area (Å²) in [5.41, 5.74) is 3.88. The predicted molar refractivity (Wildman–Crippen MR) is 69.1 cm³/mol. The fourth-order valence-electron chi connectivity index (χ4n) is 2.01. The largest absolute Gasteiger partial charge is 0.355 e. The zero-order chi connectivity index (χ0) is 11.7. The summed E-state index contributed by atoms with van der Waals surface area (Å²) in [5.74, 6) is 0. The Morgan fingerprint density at radius 1 is 0.941 bits per heavy atom. The van der Waals surface area contributed by atoms with Gasteiger partial charge >= 0.3 is 0 Å². The van der Waals surface area contributed by atoms with Gasteiger partial charge in [-0.2, -0.15) is 0 Å². The summed E-state index contributed by atoms with van der Waals surface area (Å²) in [5, 5.41) is 1.18. The maximum Gasteiger partial charge on any atom is 0.150 e.